The molecule has 0 aromatic rings. The monoisotopic (exact) mass is 1520 g/mol. The molecule has 5 atom stereocenters. The topological polar surface area (TPSA) is 237 Å². The van der Waals surface area contributed by atoms with Crippen LogP contribution in [-0.4, -0.2) is 96.7 Å². The first-order valence-corrected chi connectivity index (χ1v) is 43.7. The van der Waals surface area contributed by atoms with Gasteiger partial charge in [0.2, 0.25) is 0 Å². The van der Waals surface area contributed by atoms with E-state index >= 15 is 0 Å². The molecular weight excluding hydrogens is 1380 g/mol. The Balaban J connectivity index is 5.46. The minimum atomic E-state index is -5.01. The number of carbonyl (C=O) groups is 4. The molecule has 0 fully saturated rings. The number of carbonyl (C=O) groups excluding carboxylic acids is 4. The Morgan fingerprint density at radius 3 is 0.840 bits per heavy atom. The molecule has 17 nitrogen and oxygen atoms in total. The van der Waals surface area contributed by atoms with Crippen molar-refractivity contribution in [3.63, 3.8) is 0 Å². The molecule has 0 aromatic heterocycles. The number of phosphoric acid groups is 2. The van der Waals surface area contributed by atoms with E-state index in [9.17, 15) is 43.2 Å². The second kappa shape index (κ2) is 77.8. The first-order valence-electron chi connectivity index (χ1n) is 40.7. The van der Waals surface area contributed by atoms with Crippen molar-refractivity contribution >= 4 is 39.5 Å². The normalized spacial score (nSPS) is 14.7. The maximum atomic E-state index is 13.1. The van der Waals surface area contributed by atoms with Crippen molar-refractivity contribution in [2.45, 2.75) is 329 Å². The quantitative estimate of drug-likeness (QED) is 0.0169. The summed E-state index contributed by atoms with van der Waals surface area (Å²) in [6, 6.07) is 0. The molecule has 0 aliphatic rings. The Morgan fingerprint density at radius 2 is 0.528 bits per heavy atom. The van der Waals surface area contributed by atoms with Crippen molar-refractivity contribution in [3.8, 4) is 0 Å². The summed E-state index contributed by atoms with van der Waals surface area (Å²) in [5, 5.41) is 10.7. The molecule has 0 spiro atoms. The maximum Gasteiger partial charge on any atom is 0.472 e. The van der Waals surface area contributed by atoms with Crippen LogP contribution in [0.3, 0.4) is 0 Å². The highest BCUT2D eigenvalue weighted by atomic mass is 31.2. The molecule has 604 valence electrons. The third kappa shape index (κ3) is 76.9. The Kier molecular flexibility index (Phi) is 73.9. The third-order valence-corrected chi connectivity index (χ3v) is 18.4. The number of hydrogen-bond acceptors (Lipinski definition) is 15. The van der Waals surface area contributed by atoms with Gasteiger partial charge in [-0.25, -0.2) is 9.13 Å². The van der Waals surface area contributed by atoms with Gasteiger partial charge >= 0.3 is 39.5 Å². The van der Waals surface area contributed by atoms with Gasteiger partial charge in [0.1, 0.15) is 19.3 Å². The zero-order valence-electron chi connectivity index (χ0n) is 66.1. The minimum absolute atomic E-state index is 0.0548. The molecule has 0 saturated carbocycles. The number of phosphoric ester groups is 2. The van der Waals surface area contributed by atoms with Crippen LogP contribution < -0.4 is 0 Å². The Labute approximate surface area is 642 Å². The molecule has 0 aromatic carbocycles. The smallest absolute Gasteiger partial charge is 0.462 e. The summed E-state index contributed by atoms with van der Waals surface area (Å²) in [5.74, 6) is -2.37. The summed E-state index contributed by atoms with van der Waals surface area (Å²) in [6.07, 6.45) is 91.0. The Bertz CT molecular complexity index is 2630. The van der Waals surface area contributed by atoms with E-state index in [1.165, 1.54) is 38.5 Å². The van der Waals surface area contributed by atoms with Crippen molar-refractivity contribution in [1.29, 1.82) is 0 Å². The van der Waals surface area contributed by atoms with Crippen LogP contribution in [0.25, 0.3) is 0 Å². The second-order valence-electron chi connectivity index (χ2n) is 26.6. The van der Waals surface area contributed by atoms with Crippen LogP contribution in [0.5, 0.6) is 0 Å². The van der Waals surface area contributed by atoms with E-state index in [2.05, 4.69) is 161 Å². The summed E-state index contributed by atoms with van der Waals surface area (Å²) in [6.45, 7) is 4.45. The zero-order valence-corrected chi connectivity index (χ0v) is 67.8. The fourth-order valence-electron chi connectivity index (χ4n) is 10.3. The highest BCUT2D eigenvalue weighted by molar-refractivity contribution is 7.47. The Hall–Kier alpha value is -5.32. The molecule has 0 saturated heterocycles. The van der Waals surface area contributed by atoms with Crippen LogP contribution in [0.15, 0.2) is 158 Å². The average Bonchev–Trinajstić information content (AvgIpc) is 0.899. The van der Waals surface area contributed by atoms with E-state index in [0.29, 0.717) is 25.7 Å². The molecule has 0 rings (SSSR count). The first kappa shape index (κ1) is 101. The molecule has 0 amide bonds. The van der Waals surface area contributed by atoms with Crippen LogP contribution in [0, 0.1) is 0 Å². The summed E-state index contributed by atoms with van der Waals surface area (Å²) >= 11 is 0. The van der Waals surface area contributed by atoms with Crippen molar-refractivity contribution in [1.82, 2.24) is 0 Å². The number of unbranched alkanes of at least 4 members (excludes halogenated alkanes) is 24. The van der Waals surface area contributed by atoms with E-state index in [1.54, 1.807) is 6.08 Å². The molecule has 5 unspecified atom stereocenters. The summed E-state index contributed by atoms with van der Waals surface area (Å²) in [4.78, 5) is 73.0. The van der Waals surface area contributed by atoms with E-state index in [-0.39, 0.29) is 25.7 Å². The predicted octanol–water partition coefficient (Wildman–Crippen LogP) is 24.0. The third-order valence-electron chi connectivity index (χ3n) is 16.5. The van der Waals surface area contributed by atoms with Crippen LogP contribution in [0.4, 0.5) is 0 Å². The van der Waals surface area contributed by atoms with Crippen molar-refractivity contribution in [2.24, 2.45) is 0 Å². The zero-order chi connectivity index (χ0) is 77.4. The van der Waals surface area contributed by atoms with Crippen LogP contribution in [-0.2, 0) is 65.4 Å². The minimum Gasteiger partial charge on any atom is -0.462 e. The van der Waals surface area contributed by atoms with E-state index in [0.717, 1.165) is 193 Å². The molecular formula is C87H144O17P2. The lowest BCUT2D eigenvalue weighted by atomic mass is 10.1. The molecule has 0 heterocycles. The number of allylic oxidation sites excluding steroid dienone is 25. The molecule has 106 heavy (non-hydrogen) atoms. The van der Waals surface area contributed by atoms with Crippen molar-refractivity contribution < 1.29 is 80.2 Å². The van der Waals surface area contributed by atoms with Crippen LogP contribution in [0.2, 0.25) is 0 Å². The SMILES string of the molecule is CC/C=C\C/C=C\C/C=C\C/C=C\C/C=C\CC(=O)OCC(COP(=O)(O)OCC(O)COP(=O)(O)OCC(COC(=O)CCCCCCCC/C=C\C/C=C\C/C=C\CCCCC)OC(=O)CCCCCCCCC/C=C\C/C=C\C/C=C\CC)OC(=O)CCCCCCC/C=C\C/C=C\CCCCC. The van der Waals surface area contributed by atoms with Gasteiger partial charge in [0.25, 0.3) is 0 Å². The van der Waals surface area contributed by atoms with Gasteiger partial charge in [0.15, 0.2) is 12.2 Å². The number of hydrogen-bond donors (Lipinski definition) is 3. The molecule has 0 aliphatic heterocycles. The molecule has 0 radical (unpaired) electrons. The maximum absolute atomic E-state index is 13.1. The number of rotatable bonds is 75. The number of ether oxygens (including phenoxy) is 4. The highest BCUT2D eigenvalue weighted by Gasteiger charge is 2.30. The molecule has 3 N–H and O–H groups in total. The van der Waals surface area contributed by atoms with E-state index < -0.39 is 97.5 Å². The first-order chi connectivity index (χ1) is 51.7. The molecule has 0 aliphatic carbocycles. The fraction of sp³-hybridized carbons (Fsp3) is 0.655. The second-order valence-corrected chi connectivity index (χ2v) is 29.5. The Morgan fingerprint density at radius 1 is 0.283 bits per heavy atom. The van der Waals surface area contributed by atoms with Gasteiger partial charge in [-0.3, -0.25) is 37.3 Å². The van der Waals surface area contributed by atoms with Gasteiger partial charge in [-0.1, -0.05) is 288 Å². The highest BCUT2D eigenvalue weighted by Crippen LogP contribution is 2.45. The summed E-state index contributed by atoms with van der Waals surface area (Å²) in [5.41, 5.74) is 0. The van der Waals surface area contributed by atoms with E-state index in [4.69, 9.17) is 37.0 Å². The van der Waals surface area contributed by atoms with Crippen molar-refractivity contribution in [3.05, 3.63) is 158 Å². The van der Waals surface area contributed by atoms with Gasteiger partial charge in [0, 0.05) is 19.3 Å². The molecule has 0 bridgehead atoms. The van der Waals surface area contributed by atoms with Gasteiger partial charge in [-0.15, -0.1) is 0 Å². The lowest BCUT2D eigenvalue weighted by Gasteiger charge is -2.21. The van der Waals surface area contributed by atoms with Gasteiger partial charge in [-0.05, 0) is 154 Å². The fourth-order valence-corrected chi connectivity index (χ4v) is 11.9. The van der Waals surface area contributed by atoms with Gasteiger partial charge in [0.05, 0.1) is 32.8 Å². The van der Waals surface area contributed by atoms with E-state index in [1.807, 2.05) is 18.2 Å². The van der Waals surface area contributed by atoms with Crippen LogP contribution >= 0.6 is 15.6 Å². The number of aliphatic hydroxyl groups excluding tert-OH is 1. The standard InChI is InChI=1S/C87H144O17P2/c1-5-9-13-17-21-25-29-33-37-39-40-42-45-48-52-56-60-64-68-72-85(90)98-78-83(104-87(92)74-70-66-62-58-54-50-46-41-38-34-30-26-22-18-14-10-6-2)80-102-106(95,96)100-76-81(88)75-99-105(93,94)101-79-82(103-86(91)73-69-65-61-57-53-49-44-36-32-28-24-20-16-12-8-4)77-97-84(89)71-67-63-59-55-51-47-43-35-31-27-23-19-15-11-7-3/h10-11,14-15,21-28,33-38,40,42-44,51,55,63,67,81-83,88H,5-9,12-13,16-20,29-32,39,41,45-50,52-54,56-62,64-66,68-80H2,1-4H3,(H,93,94)(H,95,96)/b14-10-,15-11-,25-21-,26-22-,27-23-,28-24-,37-33-,38-34-,42-40-,43-35-,44-36-,55-51-,67-63-. The summed E-state index contributed by atoms with van der Waals surface area (Å²) in [7, 11) is -10.0. The van der Waals surface area contributed by atoms with Gasteiger partial charge in [-0.2, -0.15) is 0 Å². The lowest BCUT2D eigenvalue weighted by molar-refractivity contribution is -0.161. The average molecular weight is 1520 g/mol. The predicted molar refractivity (Wildman–Crippen MR) is 436 cm³/mol. The van der Waals surface area contributed by atoms with Crippen molar-refractivity contribution in [2.75, 3.05) is 39.6 Å². The van der Waals surface area contributed by atoms with Crippen LogP contribution in [0.1, 0.15) is 310 Å². The number of aliphatic hydroxyl groups is 1. The largest absolute Gasteiger partial charge is 0.472 e. The lowest BCUT2D eigenvalue weighted by Crippen LogP contribution is -2.30. The summed E-state index contributed by atoms with van der Waals surface area (Å²) < 4.78 is 68.5. The molecule has 19 heteroatoms. The van der Waals surface area contributed by atoms with Gasteiger partial charge < -0.3 is 33.8 Å². The number of esters is 4.